The molecule has 1 fully saturated rings. The Morgan fingerprint density at radius 2 is 1.78 bits per heavy atom. The monoisotopic (exact) mass is 364 g/mol. The van der Waals surface area contributed by atoms with Crippen LogP contribution in [0.2, 0.25) is 0 Å². The Balaban J connectivity index is 1.70. The molecule has 1 aliphatic heterocycles. The van der Waals surface area contributed by atoms with E-state index in [1.165, 1.54) is 24.9 Å². The van der Waals surface area contributed by atoms with Crippen LogP contribution in [0.25, 0.3) is 16.7 Å². The largest absolute Gasteiger partial charge is 0.505 e. The number of fused-ring (bicyclic) bond motifs is 1. The zero-order valence-corrected chi connectivity index (χ0v) is 16.3. The second-order valence-corrected chi connectivity index (χ2v) is 7.61. The van der Waals surface area contributed by atoms with Crippen molar-refractivity contribution in [3.63, 3.8) is 0 Å². The van der Waals surface area contributed by atoms with Gasteiger partial charge in [-0.25, -0.2) is 0 Å². The summed E-state index contributed by atoms with van der Waals surface area (Å²) in [5.74, 6) is 0.297. The van der Waals surface area contributed by atoms with Crippen LogP contribution in [0.4, 0.5) is 5.69 Å². The topological polar surface area (TPSA) is 54.2 Å². The van der Waals surface area contributed by atoms with E-state index in [4.69, 9.17) is 0 Å². The van der Waals surface area contributed by atoms with Crippen molar-refractivity contribution in [1.82, 2.24) is 15.0 Å². The minimum Gasteiger partial charge on any atom is -0.505 e. The summed E-state index contributed by atoms with van der Waals surface area (Å²) in [6.07, 6.45) is 6.86. The van der Waals surface area contributed by atoms with E-state index in [0.29, 0.717) is 11.4 Å². The summed E-state index contributed by atoms with van der Waals surface area (Å²) < 4.78 is 0. The third-order valence-electron chi connectivity index (χ3n) is 5.41. The standard InChI is InChI=1S/C22H28N4O/c1-3-4-8-17-13-16(2)14-21(22(17)27)26-23-19-10-9-18(15-20(19)24-26)25-11-6-5-7-12-25/h9-10,13-15,27H,3-8,11-12H2,1-2H3. The zero-order chi connectivity index (χ0) is 18.8. The van der Waals surface area contributed by atoms with E-state index in [0.717, 1.165) is 54.5 Å². The summed E-state index contributed by atoms with van der Waals surface area (Å²) in [6, 6.07) is 10.3. The van der Waals surface area contributed by atoms with Gasteiger partial charge in [-0.1, -0.05) is 19.4 Å². The average Bonchev–Trinajstić information content (AvgIpc) is 3.12. The second-order valence-electron chi connectivity index (χ2n) is 7.61. The number of aryl methyl sites for hydroxylation is 2. The van der Waals surface area contributed by atoms with Gasteiger partial charge in [0.1, 0.15) is 22.5 Å². The zero-order valence-electron chi connectivity index (χ0n) is 16.3. The number of aromatic hydroxyl groups is 1. The molecule has 27 heavy (non-hydrogen) atoms. The molecule has 2 aromatic carbocycles. The predicted octanol–water partition coefficient (Wildman–Crippen LogP) is 4.77. The first-order valence-corrected chi connectivity index (χ1v) is 10.1. The first kappa shape index (κ1) is 17.8. The molecule has 0 spiro atoms. The van der Waals surface area contributed by atoms with Gasteiger partial charge in [0.15, 0.2) is 0 Å². The molecular formula is C22H28N4O. The quantitative estimate of drug-likeness (QED) is 0.709. The molecule has 5 heteroatoms. The van der Waals surface area contributed by atoms with E-state index < -0.39 is 0 Å². The number of hydrogen-bond donors (Lipinski definition) is 1. The van der Waals surface area contributed by atoms with Crippen LogP contribution in [0.3, 0.4) is 0 Å². The van der Waals surface area contributed by atoms with Gasteiger partial charge in [-0.15, -0.1) is 15.0 Å². The molecule has 0 unspecified atom stereocenters. The van der Waals surface area contributed by atoms with E-state index in [1.54, 1.807) is 4.80 Å². The van der Waals surface area contributed by atoms with Crippen LogP contribution in [0, 0.1) is 6.92 Å². The summed E-state index contributed by atoms with van der Waals surface area (Å²) in [4.78, 5) is 4.01. The van der Waals surface area contributed by atoms with Crippen molar-refractivity contribution < 1.29 is 5.11 Å². The number of nitrogens with zero attached hydrogens (tertiary/aromatic N) is 4. The van der Waals surface area contributed by atoms with Crippen LogP contribution in [-0.4, -0.2) is 33.2 Å². The molecule has 2 heterocycles. The van der Waals surface area contributed by atoms with Crippen molar-refractivity contribution in [2.45, 2.75) is 52.4 Å². The normalized spacial score (nSPS) is 14.8. The minimum absolute atomic E-state index is 0.297. The molecule has 0 aliphatic carbocycles. The lowest BCUT2D eigenvalue weighted by atomic mass is 10.0. The number of benzene rings is 2. The average molecular weight is 364 g/mol. The molecule has 1 aromatic heterocycles. The van der Waals surface area contributed by atoms with Gasteiger partial charge in [-0.3, -0.25) is 0 Å². The number of piperidine rings is 1. The number of phenols is 1. The SMILES string of the molecule is CCCCc1cc(C)cc(-n2nc3ccc(N4CCCCC4)cc3n2)c1O. The highest BCUT2D eigenvalue weighted by Crippen LogP contribution is 2.30. The Morgan fingerprint density at radius 1 is 1.00 bits per heavy atom. The lowest BCUT2D eigenvalue weighted by molar-refractivity contribution is 0.459. The minimum atomic E-state index is 0.297. The smallest absolute Gasteiger partial charge is 0.146 e. The van der Waals surface area contributed by atoms with Crippen LogP contribution >= 0.6 is 0 Å². The first-order valence-electron chi connectivity index (χ1n) is 10.1. The molecule has 5 nitrogen and oxygen atoms in total. The van der Waals surface area contributed by atoms with Crippen LogP contribution in [0.5, 0.6) is 5.75 Å². The summed E-state index contributed by atoms with van der Waals surface area (Å²) in [6.45, 7) is 6.43. The fourth-order valence-electron chi connectivity index (χ4n) is 3.90. The maximum atomic E-state index is 10.8. The molecule has 0 saturated carbocycles. The summed E-state index contributed by atoms with van der Waals surface area (Å²) >= 11 is 0. The van der Waals surface area contributed by atoms with Crippen LogP contribution < -0.4 is 4.90 Å². The Hall–Kier alpha value is -2.56. The summed E-state index contributed by atoms with van der Waals surface area (Å²) in [7, 11) is 0. The van der Waals surface area contributed by atoms with Gasteiger partial charge in [0, 0.05) is 18.8 Å². The van der Waals surface area contributed by atoms with Crippen molar-refractivity contribution in [1.29, 1.82) is 0 Å². The maximum absolute atomic E-state index is 10.8. The van der Waals surface area contributed by atoms with Gasteiger partial charge in [-0.05, 0) is 74.4 Å². The van der Waals surface area contributed by atoms with Crippen LogP contribution in [-0.2, 0) is 6.42 Å². The molecular weight excluding hydrogens is 336 g/mol. The summed E-state index contributed by atoms with van der Waals surface area (Å²) in [5.41, 5.74) is 5.69. The van der Waals surface area contributed by atoms with E-state index in [2.05, 4.69) is 47.1 Å². The number of hydrogen-bond acceptors (Lipinski definition) is 4. The lowest BCUT2D eigenvalue weighted by Crippen LogP contribution is -2.29. The summed E-state index contributed by atoms with van der Waals surface area (Å²) in [5, 5.41) is 20.1. The number of rotatable bonds is 5. The van der Waals surface area contributed by atoms with E-state index in [9.17, 15) is 5.11 Å². The molecule has 1 saturated heterocycles. The first-order chi connectivity index (χ1) is 13.2. The van der Waals surface area contributed by atoms with Crippen molar-refractivity contribution in [3.05, 3.63) is 41.5 Å². The van der Waals surface area contributed by atoms with Gasteiger partial charge >= 0.3 is 0 Å². The maximum Gasteiger partial charge on any atom is 0.146 e. The molecule has 1 aliphatic rings. The highest BCUT2D eigenvalue weighted by molar-refractivity contribution is 5.79. The van der Waals surface area contributed by atoms with E-state index in [1.807, 2.05) is 12.1 Å². The fraction of sp³-hybridized carbons (Fsp3) is 0.455. The number of phenolic OH excluding ortho intramolecular Hbond substituents is 1. The van der Waals surface area contributed by atoms with Crippen molar-refractivity contribution in [2.24, 2.45) is 0 Å². The van der Waals surface area contributed by atoms with E-state index in [-0.39, 0.29) is 0 Å². The molecule has 0 atom stereocenters. The van der Waals surface area contributed by atoms with Crippen molar-refractivity contribution in [2.75, 3.05) is 18.0 Å². The highest BCUT2D eigenvalue weighted by atomic mass is 16.3. The number of aromatic nitrogens is 3. The highest BCUT2D eigenvalue weighted by Gasteiger charge is 2.16. The third-order valence-corrected chi connectivity index (χ3v) is 5.41. The molecule has 0 bridgehead atoms. The lowest BCUT2D eigenvalue weighted by Gasteiger charge is -2.28. The van der Waals surface area contributed by atoms with Crippen LogP contribution in [0.1, 0.15) is 50.2 Å². The van der Waals surface area contributed by atoms with Gasteiger partial charge in [0.05, 0.1) is 0 Å². The third kappa shape index (κ3) is 3.64. The molecule has 0 radical (unpaired) electrons. The second kappa shape index (κ2) is 7.59. The van der Waals surface area contributed by atoms with Gasteiger partial charge in [0.25, 0.3) is 0 Å². The Morgan fingerprint density at radius 3 is 2.56 bits per heavy atom. The molecule has 1 N–H and O–H groups in total. The van der Waals surface area contributed by atoms with Crippen molar-refractivity contribution in [3.8, 4) is 11.4 Å². The van der Waals surface area contributed by atoms with Crippen molar-refractivity contribution >= 4 is 16.7 Å². The Kier molecular flexibility index (Phi) is 5.01. The van der Waals surface area contributed by atoms with Gasteiger partial charge in [0.2, 0.25) is 0 Å². The molecule has 4 rings (SSSR count). The predicted molar refractivity (Wildman–Crippen MR) is 110 cm³/mol. The molecule has 0 amide bonds. The van der Waals surface area contributed by atoms with E-state index >= 15 is 0 Å². The van der Waals surface area contributed by atoms with Crippen LogP contribution in [0.15, 0.2) is 30.3 Å². The molecule has 3 aromatic rings. The Labute approximate surface area is 160 Å². The fourth-order valence-corrected chi connectivity index (χ4v) is 3.90. The number of anilines is 1. The Bertz CT molecular complexity index is 941. The number of unbranched alkanes of at least 4 members (excludes halogenated alkanes) is 1. The molecule has 142 valence electrons. The van der Waals surface area contributed by atoms with Gasteiger partial charge in [-0.2, -0.15) is 0 Å². The van der Waals surface area contributed by atoms with Gasteiger partial charge < -0.3 is 10.0 Å².